The molecule has 0 heterocycles. The van der Waals surface area contributed by atoms with Gasteiger partial charge in [0, 0.05) is 23.5 Å². The van der Waals surface area contributed by atoms with Crippen LogP contribution in [0.4, 0.5) is 5.69 Å². The van der Waals surface area contributed by atoms with Crippen LogP contribution >= 0.6 is 23.2 Å². The lowest BCUT2D eigenvalue weighted by Crippen LogP contribution is -2.56. The Bertz CT molecular complexity index is 1400. The van der Waals surface area contributed by atoms with Gasteiger partial charge in [0.25, 0.3) is 0 Å². The first-order chi connectivity index (χ1) is 18.2. The molecule has 0 aliphatic heterocycles. The predicted octanol–water partition coefficient (Wildman–Crippen LogP) is 5.31. The van der Waals surface area contributed by atoms with Crippen LogP contribution in [0, 0.1) is 0 Å². The van der Waals surface area contributed by atoms with Crippen molar-refractivity contribution in [1.29, 1.82) is 0 Å². The van der Waals surface area contributed by atoms with Crippen LogP contribution in [0.1, 0.15) is 31.9 Å². The fourth-order valence-electron chi connectivity index (χ4n) is 4.06. The second kappa shape index (κ2) is 12.9. The van der Waals surface area contributed by atoms with Gasteiger partial charge in [0.15, 0.2) is 0 Å². The third kappa shape index (κ3) is 8.98. The number of rotatable bonds is 10. The van der Waals surface area contributed by atoms with Crippen molar-refractivity contribution in [3.8, 4) is 0 Å². The van der Waals surface area contributed by atoms with E-state index in [1.54, 1.807) is 0 Å². The Hall–Kier alpha value is -3.07. The van der Waals surface area contributed by atoms with Gasteiger partial charge in [-0.3, -0.25) is 13.9 Å². The van der Waals surface area contributed by atoms with Crippen LogP contribution in [-0.2, 0) is 32.6 Å². The minimum absolute atomic E-state index is 0.0819. The summed E-state index contributed by atoms with van der Waals surface area (Å²) in [5, 5.41) is 3.38. The molecule has 10 heteroatoms. The van der Waals surface area contributed by atoms with Gasteiger partial charge in [-0.15, -0.1) is 0 Å². The number of anilines is 1. The molecule has 0 aliphatic rings. The van der Waals surface area contributed by atoms with Gasteiger partial charge in [-0.1, -0.05) is 83.9 Å². The SMILES string of the molecule is CC(C)(C)NC(=O)[C@H](Cc1ccccc1)N(Cc1ccccc1)C(=O)CN(c1cc(Cl)ccc1Cl)S(C)(=O)=O. The second-order valence-electron chi connectivity index (χ2n) is 10.3. The summed E-state index contributed by atoms with van der Waals surface area (Å²) in [4.78, 5) is 29.1. The molecule has 0 aromatic heterocycles. The Morgan fingerprint density at radius 2 is 1.46 bits per heavy atom. The first kappa shape index (κ1) is 30.5. The Balaban J connectivity index is 2.08. The third-order valence-corrected chi connectivity index (χ3v) is 7.50. The molecule has 7 nitrogen and oxygen atoms in total. The molecule has 0 saturated carbocycles. The molecule has 1 atom stereocenters. The number of carbonyl (C=O) groups excluding carboxylic acids is 2. The quantitative estimate of drug-likeness (QED) is 0.347. The highest BCUT2D eigenvalue weighted by Crippen LogP contribution is 2.31. The van der Waals surface area contributed by atoms with Crippen molar-refractivity contribution in [3.05, 3.63) is 100 Å². The Labute approximate surface area is 240 Å². The second-order valence-corrected chi connectivity index (χ2v) is 13.1. The van der Waals surface area contributed by atoms with Gasteiger partial charge in [0.1, 0.15) is 12.6 Å². The summed E-state index contributed by atoms with van der Waals surface area (Å²) in [6.07, 6.45) is 1.23. The van der Waals surface area contributed by atoms with Crippen molar-refractivity contribution < 1.29 is 18.0 Å². The molecule has 39 heavy (non-hydrogen) atoms. The molecular formula is C29H33Cl2N3O4S. The van der Waals surface area contributed by atoms with E-state index in [1.165, 1.54) is 23.1 Å². The van der Waals surface area contributed by atoms with Gasteiger partial charge in [-0.25, -0.2) is 8.42 Å². The number of hydrogen-bond acceptors (Lipinski definition) is 4. The van der Waals surface area contributed by atoms with E-state index >= 15 is 0 Å². The largest absolute Gasteiger partial charge is 0.350 e. The van der Waals surface area contributed by atoms with Crippen molar-refractivity contribution >= 4 is 50.7 Å². The summed E-state index contributed by atoms with van der Waals surface area (Å²) in [5.41, 5.74) is 1.17. The summed E-state index contributed by atoms with van der Waals surface area (Å²) in [6, 6.07) is 22.1. The molecule has 0 fully saturated rings. The standard InChI is InChI=1S/C29H33Cl2N3O4S/c1-29(2,3)32-28(36)26(17-21-11-7-5-8-12-21)33(19-22-13-9-6-10-14-22)27(35)20-34(39(4,37)38)25-18-23(30)15-16-24(25)31/h5-16,18,26H,17,19-20H2,1-4H3,(H,32,36)/t26-/m0/s1. The number of nitrogens with zero attached hydrogens (tertiary/aromatic N) is 2. The molecule has 0 unspecified atom stereocenters. The Morgan fingerprint density at radius 1 is 0.897 bits per heavy atom. The van der Waals surface area contributed by atoms with Crippen LogP contribution in [0.25, 0.3) is 0 Å². The van der Waals surface area contributed by atoms with Crippen molar-refractivity contribution in [2.45, 2.75) is 45.3 Å². The molecular weight excluding hydrogens is 557 g/mol. The number of nitrogens with one attached hydrogen (secondary N) is 1. The van der Waals surface area contributed by atoms with E-state index in [9.17, 15) is 18.0 Å². The van der Waals surface area contributed by atoms with Crippen molar-refractivity contribution in [3.63, 3.8) is 0 Å². The summed E-state index contributed by atoms with van der Waals surface area (Å²) in [7, 11) is -3.95. The van der Waals surface area contributed by atoms with Gasteiger partial charge in [-0.05, 0) is 50.1 Å². The highest BCUT2D eigenvalue weighted by molar-refractivity contribution is 7.92. The molecule has 3 aromatic carbocycles. The van der Waals surface area contributed by atoms with E-state index in [1.807, 2.05) is 81.4 Å². The van der Waals surface area contributed by atoms with Crippen molar-refractivity contribution in [1.82, 2.24) is 10.2 Å². The molecule has 2 amide bonds. The van der Waals surface area contributed by atoms with E-state index in [2.05, 4.69) is 5.32 Å². The van der Waals surface area contributed by atoms with Crippen LogP contribution in [-0.4, -0.2) is 49.5 Å². The van der Waals surface area contributed by atoms with Crippen LogP contribution in [0.5, 0.6) is 0 Å². The Morgan fingerprint density at radius 3 is 2.00 bits per heavy atom. The predicted molar refractivity (Wildman–Crippen MR) is 157 cm³/mol. The molecule has 0 saturated heterocycles. The maximum atomic E-state index is 14.0. The number of carbonyl (C=O) groups is 2. The first-order valence-electron chi connectivity index (χ1n) is 12.4. The summed E-state index contributed by atoms with van der Waals surface area (Å²) >= 11 is 12.5. The van der Waals surface area contributed by atoms with Crippen LogP contribution in [0.3, 0.4) is 0 Å². The topological polar surface area (TPSA) is 86.8 Å². The number of benzene rings is 3. The van der Waals surface area contributed by atoms with Gasteiger partial charge < -0.3 is 10.2 Å². The van der Waals surface area contributed by atoms with Crippen molar-refractivity contribution in [2.24, 2.45) is 0 Å². The third-order valence-electron chi connectivity index (χ3n) is 5.82. The van der Waals surface area contributed by atoms with Crippen LogP contribution in [0.15, 0.2) is 78.9 Å². The van der Waals surface area contributed by atoms with E-state index in [4.69, 9.17) is 23.2 Å². The lowest BCUT2D eigenvalue weighted by Gasteiger charge is -2.35. The number of amides is 2. The number of sulfonamides is 1. The average Bonchev–Trinajstić information content (AvgIpc) is 2.85. The maximum absolute atomic E-state index is 14.0. The van der Waals surface area contributed by atoms with E-state index in [-0.39, 0.29) is 34.6 Å². The highest BCUT2D eigenvalue weighted by atomic mass is 35.5. The van der Waals surface area contributed by atoms with Crippen LogP contribution in [0.2, 0.25) is 10.0 Å². The van der Waals surface area contributed by atoms with Gasteiger partial charge in [-0.2, -0.15) is 0 Å². The summed E-state index contributed by atoms with van der Waals surface area (Å²) in [6.45, 7) is 5.11. The first-order valence-corrected chi connectivity index (χ1v) is 15.0. The molecule has 0 aliphatic carbocycles. The van der Waals surface area contributed by atoms with E-state index in [0.717, 1.165) is 21.7 Å². The molecule has 0 spiro atoms. The zero-order chi connectivity index (χ0) is 28.8. The van der Waals surface area contributed by atoms with E-state index < -0.39 is 34.1 Å². The molecule has 3 rings (SSSR count). The summed E-state index contributed by atoms with van der Waals surface area (Å²) < 4.78 is 26.7. The highest BCUT2D eigenvalue weighted by Gasteiger charge is 2.34. The summed E-state index contributed by atoms with van der Waals surface area (Å²) in [5.74, 6) is -0.910. The van der Waals surface area contributed by atoms with Gasteiger partial charge >= 0.3 is 0 Å². The lowest BCUT2D eigenvalue weighted by atomic mass is 10.0. The van der Waals surface area contributed by atoms with Gasteiger partial charge in [0.05, 0.1) is 17.0 Å². The number of hydrogen-bond donors (Lipinski definition) is 1. The fourth-order valence-corrected chi connectivity index (χ4v) is 5.35. The van der Waals surface area contributed by atoms with Crippen molar-refractivity contribution in [2.75, 3.05) is 17.1 Å². The molecule has 0 radical (unpaired) electrons. The number of halogens is 2. The minimum Gasteiger partial charge on any atom is -0.350 e. The molecule has 3 aromatic rings. The fraction of sp³-hybridized carbons (Fsp3) is 0.310. The molecule has 1 N–H and O–H groups in total. The maximum Gasteiger partial charge on any atom is 0.244 e. The average molecular weight is 591 g/mol. The normalized spacial score (nSPS) is 12.5. The monoisotopic (exact) mass is 589 g/mol. The molecule has 0 bridgehead atoms. The Kier molecular flexibility index (Phi) is 10.0. The van der Waals surface area contributed by atoms with E-state index in [0.29, 0.717) is 0 Å². The zero-order valence-electron chi connectivity index (χ0n) is 22.4. The minimum atomic E-state index is -3.95. The zero-order valence-corrected chi connectivity index (χ0v) is 24.7. The lowest BCUT2D eigenvalue weighted by molar-refractivity contribution is -0.140. The smallest absolute Gasteiger partial charge is 0.244 e. The van der Waals surface area contributed by atoms with Crippen LogP contribution < -0.4 is 9.62 Å². The van der Waals surface area contributed by atoms with Gasteiger partial charge in [0.2, 0.25) is 21.8 Å². The molecule has 208 valence electrons.